The largest absolute Gasteiger partial charge is 0.493 e. The molecule has 0 aliphatic heterocycles. The van der Waals surface area contributed by atoms with E-state index in [1.165, 1.54) is 0 Å². The van der Waals surface area contributed by atoms with Crippen molar-refractivity contribution < 1.29 is 9.47 Å². The van der Waals surface area contributed by atoms with E-state index in [1.807, 2.05) is 32.0 Å². The molecule has 0 fully saturated rings. The highest BCUT2D eigenvalue weighted by Gasteiger charge is 2.07. The molecule has 124 valence electrons. The Labute approximate surface area is 141 Å². The van der Waals surface area contributed by atoms with Crippen LogP contribution in [0.1, 0.15) is 38.6 Å². The summed E-state index contributed by atoms with van der Waals surface area (Å²) in [5, 5.41) is 11.4. The van der Waals surface area contributed by atoms with Crippen molar-refractivity contribution in [2.75, 3.05) is 7.11 Å². The highest BCUT2D eigenvalue weighted by Crippen LogP contribution is 2.28. The number of hydrogen-bond acceptors (Lipinski definition) is 5. The molecule has 0 bridgehead atoms. The maximum Gasteiger partial charge on any atom is 0.216 e. The Morgan fingerprint density at radius 3 is 2.83 bits per heavy atom. The van der Waals surface area contributed by atoms with Crippen LogP contribution in [0.5, 0.6) is 11.5 Å². The van der Waals surface area contributed by atoms with Gasteiger partial charge < -0.3 is 9.47 Å². The van der Waals surface area contributed by atoms with Crippen molar-refractivity contribution in [1.82, 2.24) is 14.9 Å². The first-order valence-corrected chi connectivity index (χ1v) is 8.01. The van der Waals surface area contributed by atoms with Crippen molar-refractivity contribution in [1.29, 1.82) is 0 Å². The molecule has 0 spiro atoms. The molecule has 0 unspecified atom stereocenters. The Morgan fingerprint density at radius 1 is 1.39 bits per heavy atom. The highest BCUT2D eigenvalue weighted by molar-refractivity contribution is 7.71. The fourth-order valence-corrected chi connectivity index (χ4v) is 2.27. The van der Waals surface area contributed by atoms with Gasteiger partial charge >= 0.3 is 0 Å². The summed E-state index contributed by atoms with van der Waals surface area (Å²) in [5.41, 5.74) is 0.892. The van der Waals surface area contributed by atoms with E-state index in [9.17, 15) is 0 Å². The van der Waals surface area contributed by atoms with Gasteiger partial charge in [0.05, 0.1) is 19.4 Å². The average molecular weight is 334 g/mol. The maximum atomic E-state index is 5.71. The first-order chi connectivity index (χ1) is 11.0. The fraction of sp³-hybridized carbons (Fsp3) is 0.438. The SMILES string of the molecule is CCCc1n[nH]c(=S)n1N=Cc1ccc(OC(C)C)c(OC)c1. The van der Waals surface area contributed by atoms with E-state index < -0.39 is 0 Å². The minimum atomic E-state index is 0.0873. The van der Waals surface area contributed by atoms with E-state index in [1.54, 1.807) is 18.0 Å². The molecule has 0 atom stereocenters. The van der Waals surface area contributed by atoms with Crippen LogP contribution in [0.3, 0.4) is 0 Å². The molecule has 6 nitrogen and oxygen atoms in total. The minimum absolute atomic E-state index is 0.0873. The van der Waals surface area contributed by atoms with Crippen LogP contribution in [0.4, 0.5) is 0 Å². The number of hydrogen-bond donors (Lipinski definition) is 1. The maximum absolute atomic E-state index is 5.71. The van der Waals surface area contributed by atoms with E-state index in [0.29, 0.717) is 16.3 Å². The number of ether oxygens (including phenoxy) is 2. The molecule has 0 aliphatic carbocycles. The van der Waals surface area contributed by atoms with E-state index >= 15 is 0 Å². The van der Waals surface area contributed by atoms with Crippen LogP contribution in [0.2, 0.25) is 0 Å². The Bertz CT molecular complexity index is 734. The topological polar surface area (TPSA) is 64.4 Å². The molecule has 0 saturated carbocycles. The quantitative estimate of drug-likeness (QED) is 0.621. The molecule has 2 rings (SSSR count). The molecule has 2 aromatic rings. The first kappa shape index (κ1) is 17.2. The highest BCUT2D eigenvalue weighted by atomic mass is 32.1. The van der Waals surface area contributed by atoms with E-state index in [2.05, 4.69) is 22.2 Å². The molecule has 1 aromatic heterocycles. The lowest BCUT2D eigenvalue weighted by atomic mass is 10.2. The lowest BCUT2D eigenvalue weighted by Gasteiger charge is -2.13. The fourth-order valence-electron chi connectivity index (χ4n) is 2.07. The molecular weight excluding hydrogens is 312 g/mol. The number of benzene rings is 1. The van der Waals surface area contributed by atoms with Crippen molar-refractivity contribution in [3.05, 3.63) is 34.4 Å². The zero-order valence-electron chi connectivity index (χ0n) is 13.9. The van der Waals surface area contributed by atoms with Gasteiger partial charge in [-0.15, -0.1) is 0 Å². The van der Waals surface area contributed by atoms with Crippen molar-refractivity contribution in [2.45, 2.75) is 39.7 Å². The summed E-state index contributed by atoms with van der Waals surface area (Å²) >= 11 is 5.21. The van der Waals surface area contributed by atoms with Gasteiger partial charge in [0.25, 0.3) is 0 Å². The minimum Gasteiger partial charge on any atom is -0.493 e. The lowest BCUT2D eigenvalue weighted by Crippen LogP contribution is -2.07. The standard InChI is InChI=1S/C16H22N4O2S/c1-5-6-15-18-19-16(23)20(15)17-10-12-7-8-13(22-11(2)3)14(9-12)21-4/h7-11H,5-6H2,1-4H3,(H,19,23). The van der Waals surface area contributed by atoms with Crippen LogP contribution in [-0.4, -0.2) is 34.3 Å². The van der Waals surface area contributed by atoms with Crippen LogP contribution in [-0.2, 0) is 6.42 Å². The summed E-state index contributed by atoms with van der Waals surface area (Å²) in [6, 6.07) is 5.68. The molecule has 1 N–H and O–H groups in total. The van der Waals surface area contributed by atoms with Gasteiger partial charge in [-0.05, 0) is 56.2 Å². The van der Waals surface area contributed by atoms with Gasteiger partial charge in [0.1, 0.15) is 0 Å². The number of nitrogens with one attached hydrogen (secondary N) is 1. The Hall–Kier alpha value is -2.15. The Morgan fingerprint density at radius 2 is 2.17 bits per heavy atom. The molecule has 0 amide bonds. The number of H-pyrrole nitrogens is 1. The van der Waals surface area contributed by atoms with E-state index in [0.717, 1.165) is 24.2 Å². The number of aromatic amines is 1. The second-order valence-corrected chi connectivity index (χ2v) is 5.71. The first-order valence-electron chi connectivity index (χ1n) is 7.60. The number of aryl methyl sites for hydroxylation is 1. The summed E-state index contributed by atoms with van der Waals surface area (Å²) in [6.07, 6.45) is 3.61. The van der Waals surface area contributed by atoms with E-state index in [-0.39, 0.29) is 6.10 Å². The monoisotopic (exact) mass is 334 g/mol. The Kier molecular flexibility index (Phi) is 5.92. The van der Waals surface area contributed by atoms with Crippen LogP contribution in [0, 0.1) is 4.77 Å². The Balaban J connectivity index is 2.26. The molecule has 7 heteroatoms. The molecule has 1 aromatic carbocycles. The van der Waals surface area contributed by atoms with Crippen LogP contribution < -0.4 is 9.47 Å². The van der Waals surface area contributed by atoms with Gasteiger partial charge in [0.2, 0.25) is 4.77 Å². The van der Waals surface area contributed by atoms with E-state index in [4.69, 9.17) is 21.7 Å². The smallest absolute Gasteiger partial charge is 0.216 e. The second kappa shape index (κ2) is 7.92. The van der Waals surface area contributed by atoms with Crippen LogP contribution >= 0.6 is 12.2 Å². The van der Waals surface area contributed by atoms with Gasteiger partial charge in [0.15, 0.2) is 17.3 Å². The summed E-state index contributed by atoms with van der Waals surface area (Å²) in [6.45, 7) is 6.04. The lowest BCUT2D eigenvalue weighted by molar-refractivity contribution is 0.230. The van der Waals surface area contributed by atoms with Gasteiger partial charge in [-0.25, -0.2) is 0 Å². The molecule has 0 aliphatic rings. The van der Waals surface area contributed by atoms with Crippen molar-refractivity contribution in [3.63, 3.8) is 0 Å². The van der Waals surface area contributed by atoms with Gasteiger partial charge in [0, 0.05) is 6.42 Å². The predicted molar refractivity (Wildman–Crippen MR) is 93.2 cm³/mol. The third-order valence-corrected chi connectivity index (χ3v) is 3.33. The summed E-state index contributed by atoms with van der Waals surface area (Å²) < 4.78 is 13.2. The van der Waals surface area contributed by atoms with Crippen molar-refractivity contribution in [3.8, 4) is 11.5 Å². The number of aromatic nitrogens is 3. The van der Waals surface area contributed by atoms with Gasteiger partial charge in [-0.2, -0.15) is 14.9 Å². The zero-order valence-corrected chi connectivity index (χ0v) is 14.7. The molecular formula is C16H22N4O2S. The van der Waals surface area contributed by atoms with Gasteiger partial charge in [-0.1, -0.05) is 6.92 Å². The zero-order chi connectivity index (χ0) is 16.8. The number of rotatable bonds is 7. The average Bonchev–Trinajstić information content (AvgIpc) is 2.86. The van der Waals surface area contributed by atoms with Gasteiger partial charge in [-0.3, -0.25) is 5.10 Å². The predicted octanol–water partition coefficient (Wildman–Crippen LogP) is 3.57. The van der Waals surface area contributed by atoms with Crippen LogP contribution in [0.25, 0.3) is 0 Å². The summed E-state index contributed by atoms with van der Waals surface area (Å²) in [5.74, 6) is 2.21. The number of methoxy groups -OCH3 is 1. The molecule has 23 heavy (non-hydrogen) atoms. The third kappa shape index (κ3) is 4.41. The normalized spacial score (nSPS) is 11.3. The summed E-state index contributed by atoms with van der Waals surface area (Å²) in [7, 11) is 1.62. The molecule has 1 heterocycles. The second-order valence-electron chi connectivity index (χ2n) is 5.33. The van der Waals surface area contributed by atoms with Crippen molar-refractivity contribution >= 4 is 18.4 Å². The molecule has 0 radical (unpaired) electrons. The van der Waals surface area contributed by atoms with Crippen LogP contribution in [0.15, 0.2) is 23.3 Å². The summed E-state index contributed by atoms with van der Waals surface area (Å²) in [4.78, 5) is 0. The molecule has 0 saturated heterocycles. The van der Waals surface area contributed by atoms with Crippen molar-refractivity contribution in [2.24, 2.45) is 5.10 Å². The number of nitrogens with zero attached hydrogens (tertiary/aromatic N) is 3. The third-order valence-electron chi connectivity index (χ3n) is 3.06.